The molecule has 0 saturated heterocycles. The van der Waals surface area contributed by atoms with Gasteiger partial charge in [0.05, 0.1) is 14.2 Å². The van der Waals surface area contributed by atoms with Gasteiger partial charge in [-0.1, -0.05) is 0 Å². The SMILES string of the molecule is COC(=O)c1ccc(S(=O)(=O)F)cc1OC. The van der Waals surface area contributed by atoms with Crippen molar-refractivity contribution in [3.8, 4) is 5.75 Å². The largest absolute Gasteiger partial charge is 0.496 e. The standard InChI is InChI=1S/C9H9FO5S/c1-14-8-5-6(16(10,12)13)3-4-7(8)9(11)15-2/h3-5H,1-2H3. The Morgan fingerprint density at radius 1 is 1.31 bits per heavy atom. The van der Waals surface area contributed by atoms with Crippen molar-refractivity contribution in [2.45, 2.75) is 4.90 Å². The zero-order valence-corrected chi connectivity index (χ0v) is 9.38. The monoisotopic (exact) mass is 248 g/mol. The van der Waals surface area contributed by atoms with Crippen LogP contribution in [-0.4, -0.2) is 28.6 Å². The molecular weight excluding hydrogens is 239 g/mol. The minimum absolute atomic E-state index is 0.0254. The number of carbonyl (C=O) groups excluding carboxylic acids is 1. The summed E-state index contributed by atoms with van der Waals surface area (Å²) in [5.74, 6) is -0.759. The van der Waals surface area contributed by atoms with Crippen LogP contribution >= 0.6 is 0 Å². The van der Waals surface area contributed by atoms with Crippen molar-refractivity contribution in [3.05, 3.63) is 23.8 Å². The Morgan fingerprint density at radius 2 is 1.94 bits per heavy atom. The van der Waals surface area contributed by atoms with Gasteiger partial charge in [0.15, 0.2) is 0 Å². The molecule has 0 saturated carbocycles. The number of carbonyl (C=O) groups is 1. The molecular formula is C9H9FO5S. The minimum atomic E-state index is -4.82. The molecule has 1 aromatic carbocycles. The third kappa shape index (κ3) is 2.48. The maximum absolute atomic E-state index is 12.7. The number of hydrogen-bond acceptors (Lipinski definition) is 5. The van der Waals surface area contributed by atoms with Crippen LogP contribution < -0.4 is 4.74 Å². The van der Waals surface area contributed by atoms with Gasteiger partial charge in [0.2, 0.25) is 0 Å². The molecule has 88 valence electrons. The summed E-state index contributed by atoms with van der Waals surface area (Å²) < 4.78 is 43.1. The summed E-state index contributed by atoms with van der Waals surface area (Å²) in [5, 5.41) is 0. The lowest BCUT2D eigenvalue weighted by molar-refractivity contribution is 0.0597. The summed E-state index contributed by atoms with van der Waals surface area (Å²) in [6.45, 7) is 0. The van der Waals surface area contributed by atoms with E-state index in [-0.39, 0.29) is 11.3 Å². The lowest BCUT2D eigenvalue weighted by Crippen LogP contribution is -2.05. The highest BCUT2D eigenvalue weighted by atomic mass is 32.3. The molecule has 0 amide bonds. The summed E-state index contributed by atoms with van der Waals surface area (Å²) in [7, 11) is -2.42. The summed E-state index contributed by atoms with van der Waals surface area (Å²) in [6.07, 6.45) is 0. The zero-order chi connectivity index (χ0) is 12.3. The molecule has 0 N–H and O–H groups in total. The molecule has 1 aromatic rings. The van der Waals surface area contributed by atoms with Crippen molar-refractivity contribution in [1.29, 1.82) is 0 Å². The maximum atomic E-state index is 12.7. The van der Waals surface area contributed by atoms with Crippen molar-refractivity contribution in [3.63, 3.8) is 0 Å². The normalized spacial score (nSPS) is 10.9. The van der Waals surface area contributed by atoms with Crippen molar-refractivity contribution in [1.82, 2.24) is 0 Å². The van der Waals surface area contributed by atoms with Gasteiger partial charge in [-0.3, -0.25) is 0 Å². The maximum Gasteiger partial charge on any atom is 0.341 e. The molecule has 0 spiro atoms. The smallest absolute Gasteiger partial charge is 0.341 e. The van der Waals surface area contributed by atoms with Gasteiger partial charge in [-0.15, -0.1) is 3.89 Å². The van der Waals surface area contributed by atoms with Gasteiger partial charge in [-0.2, -0.15) is 8.42 Å². The van der Waals surface area contributed by atoms with Crippen LogP contribution in [0.25, 0.3) is 0 Å². The first-order valence-electron chi connectivity index (χ1n) is 4.11. The highest BCUT2D eigenvalue weighted by molar-refractivity contribution is 7.86. The number of hydrogen-bond donors (Lipinski definition) is 0. The lowest BCUT2D eigenvalue weighted by Gasteiger charge is -2.07. The predicted octanol–water partition coefficient (Wildman–Crippen LogP) is 1.14. The van der Waals surface area contributed by atoms with Gasteiger partial charge in [0, 0.05) is 6.07 Å². The number of ether oxygens (including phenoxy) is 2. The Hall–Kier alpha value is -1.63. The van der Waals surface area contributed by atoms with Crippen LogP contribution in [-0.2, 0) is 15.0 Å². The van der Waals surface area contributed by atoms with E-state index in [1.54, 1.807) is 0 Å². The molecule has 0 bridgehead atoms. The third-order valence-corrected chi connectivity index (χ3v) is 2.68. The molecule has 0 aliphatic carbocycles. The van der Waals surface area contributed by atoms with Crippen molar-refractivity contribution in [2.75, 3.05) is 14.2 Å². The van der Waals surface area contributed by atoms with Gasteiger partial charge < -0.3 is 9.47 Å². The fourth-order valence-corrected chi connectivity index (χ4v) is 1.58. The van der Waals surface area contributed by atoms with Crippen LogP contribution in [0.5, 0.6) is 5.75 Å². The van der Waals surface area contributed by atoms with Gasteiger partial charge in [-0.05, 0) is 12.1 Å². The molecule has 7 heteroatoms. The second-order valence-corrected chi connectivity index (χ2v) is 4.14. The van der Waals surface area contributed by atoms with Gasteiger partial charge in [0.1, 0.15) is 16.2 Å². The average Bonchev–Trinajstić information content (AvgIpc) is 2.26. The number of halogens is 1. The molecule has 16 heavy (non-hydrogen) atoms. The quantitative estimate of drug-likeness (QED) is 0.592. The highest BCUT2D eigenvalue weighted by Gasteiger charge is 2.18. The zero-order valence-electron chi connectivity index (χ0n) is 8.56. The molecule has 1 rings (SSSR count). The summed E-state index contributed by atoms with van der Waals surface area (Å²) in [6, 6.07) is 3.00. The Morgan fingerprint density at radius 3 is 2.38 bits per heavy atom. The topological polar surface area (TPSA) is 69.7 Å². The summed E-state index contributed by atoms with van der Waals surface area (Å²) in [5.41, 5.74) is 0.0254. The summed E-state index contributed by atoms with van der Waals surface area (Å²) in [4.78, 5) is 10.6. The number of esters is 1. The van der Waals surface area contributed by atoms with Crippen LogP contribution in [0.15, 0.2) is 23.1 Å². The van der Waals surface area contributed by atoms with E-state index in [2.05, 4.69) is 4.74 Å². The van der Waals surface area contributed by atoms with E-state index >= 15 is 0 Å². The first-order valence-corrected chi connectivity index (χ1v) is 5.49. The average molecular weight is 248 g/mol. The first-order chi connectivity index (χ1) is 7.40. The Bertz CT molecular complexity index is 509. The van der Waals surface area contributed by atoms with Gasteiger partial charge >= 0.3 is 16.2 Å². The van der Waals surface area contributed by atoms with Crippen molar-refractivity contribution >= 4 is 16.2 Å². The van der Waals surface area contributed by atoms with Crippen LogP contribution in [0.2, 0.25) is 0 Å². The Labute approximate surface area is 92.0 Å². The van der Waals surface area contributed by atoms with Crippen LogP contribution in [0.4, 0.5) is 3.89 Å². The van der Waals surface area contributed by atoms with E-state index in [1.807, 2.05) is 0 Å². The second-order valence-electron chi connectivity index (χ2n) is 2.79. The third-order valence-electron chi connectivity index (χ3n) is 1.86. The highest BCUT2D eigenvalue weighted by Crippen LogP contribution is 2.24. The van der Waals surface area contributed by atoms with Gasteiger partial charge in [0.25, 0.3) is 0 Å². The van der Waals surface area contributed by atoms with Crippen LogP contribution in [0, 0.1) is 0 Å². The molecule has 0 aliphatic rings. The van der Waals surface area contributed by atoms with E-state index in [0.717, 1.165) is 18.2 Å². The molecule has 5 nitrogen and oxygen atoms in total. The number of benzene rings is 1. The second kappa shape index (κ2) is 4.48. The lowest BCUT2D eigenvalue weighted by atomic mass is 10.2. The molecule has 0 unspecified atom stereocenters. The fraction of sp³-hybridized carbons (Fsp3) is 0.222. The van der Waals surface area contributed by atoms with E-state index in [0.29, 0.717) is 0 Å². The molecule has 0 aliphatic heterocycles. The summed E-state index contributed by atoms with van der Waals surface area (Å²) >= 11 is 0. The Kier molecular flexibility index (Phi) is 3.48. The molecule has 0 fully saturated rings. The molecule has 0 aromatic heterocycles. The van der Waals surface area contributed by atoms with E-state index < -0.39 is 21.1 Å². The fourth-order valence-electron chi connectivity index (χ4n) is 1.10. The molecule has 0 radical (unpaired) electrons. The first kappa shape index (κ1) is 12.4. The van der Waals surface area contributed by atoms with Gasteiger partial charge in [-0.25, -0.2) is 4.79 Å². The molecule has 0 heterocycles. The molecule has 0 atom stereocenters. The van der Waals surface area contributed by atoms with Crippen LogP contribution in [0.3, 0.4) is 0 Å². The van der Waals surface area contributed by atoms with E-state index in [4.69, 9.17) is 4.74 Å². The number of methoxy groups -OCH3 is 2. The Balaban J connectivity index is 3.33. The predicted molar refractivity (Wildman–Crippen MR) is 52.6 cm³/mol. The number of rotatable bonds is 3. The van der Waals surface area contributed by atoms with E-state index in [9.17, 15) is 17.1 Å². The van der Waals surface area contributed by atoms with Crippen molar-refractivity contribution < 1.29 is 26.6 Å². The van der Waals surface area contributed by atoms with Crippen molar-refractivity contribution in [2.24, 2.45) is 0 Å². The minimum Gasteiger partial charge on any atom is -0.496 e. The van der Waals surface area contributed by atoms with Crippen LogP contribution in [0.1, 0.15) is 10.4 Å². The van der Waals surface area contributed by atoms with E-state index in [1.165, 1.54) is 14.2 Å².